The molecular formula is C19H25N3O2S. The number of thioether (sulfide) groups is 1. The summed E-state index contributed by atoms with van der Waals surface area (Å²) in [4.78, 5) is 16.0. The van der Waals surface area contributed by atoms with Crippen molar-refractivity contribution < 1.29 is 9.32 Å². The maximum atomic E-state index is 13.0. The zero-order valence-electron chi connectivity index (χ0n) is 15.0. The third-order valence-corrected chi connectivity index (χ3v) is 5.89. The van der Waals surface area contributed by atoms with Crippen molar-refractivity contribution in [2.45, 2.75) is 43.4 Å². The number of hydrogen-bond acceptors (Lipinski definition) is 5. The third-order valence-electron chi connectivity index (χ3n) is 4.79. The average molecular weight is 359 g/mol. The van der Waals surface area contributed by atoms with Crippen LogP contribution in [0.5, 0.6) is 0 Å². The number of carbonyl (C=O) groups is 1. The number of nitrogens with zero attached hydrogens (tertiary/aromatic N) is 2. The molecule has 1 amide bonds. The molecule has 1 atom stereocenters. The number of amides is 1. The number of rotatable bonds is 5. The zero-order chi connectivity index (χ0) is 17.8. The molecule has 6 heteroatoms. The van der Waals surface area contributed by atoms with E-state index in [0.29, 0.717) is 6.04 Å². The molecule has 134 valence electrons. The van der Waals surface area contributed by atoms with Crippen LogP contribution in [0.1, 0.15) is 40.2 Å². The van der Waals surface area contributed by atoms with Crippen molar-refractivity contribution >= 4 is 17.7 Å². The summed E-state index contributed by atoms with van der Waals surface area (Å²) in [5, 5.41) is 7.30. The summed E-state index contributed by atoms with van der Waals surface area (Å²) in [5.41, 5.74) is 2.82. The molecule has 0 radical (unpaired) electrons. The second kappa shape index (κ2) is 8.06. The van der Waals surface area contributed by atoms with Gasteiger partial charge in [-0.3, -0.25) is 4.79 Å². The number of hydrogen-bond donors (Lipinski definition) is 1. The van der Waals surface area contributed by atoms with E-state index in [1.807, 2.05) is 50.1 Å². The number of aryl methyl sites for hydroxylation is 2. The third kappa shape index (κ3) is 4.07. The van der Waals surface area contributed by atoms with E-state index in [4.69, 9.17) is 4.52 Å². The van der Waals surface area contributed by atoms with E-state index in [9.17, 15) is 4.79 Å². The summed E-state index contributed by atoms with van der Waals surface area (Å²) in [6.07, 6.45) is 2.17. The highest BCUT2D eigenvalue weighted by molar-refractivity contribution is 7.98. The molecule has 1 unspecified atom stereocenters. The van der Waals surface area contributed by atoms with Gasteiger partial charge in [0.2, 0.25) is 0 Å². The van der Waals surface area contributed by atoms with E-state index in [1.54, 1.807) is 11.8 Å². The fourth-order valence-corrected chi connectivity index (χ4v) is 4.39. The first-order valence-corrected chi connectivity index (χ1v) is 9.68. The molecule has 1 aliphatic heterocycles. The quantitative estimate of drug-likeness (QED) is 0.829. The van der Waals surface area contributed by atoms with Gasteiger partial charge in [-0.25, -0.2) is 0 Å². The lowest BCUT2D eigenvalue weighted by atomic mass is 10.0. The Bertz CT molecular complexity index is 725. The molecule has 1 saturated heterocycles. The van der Waals surface area contributed by atoms with Crippen LogP contribution < -0.4 is 5.32 Å². The molecule has 5 nitrogen and oxygen atoms in total. The smallest absolute Gasteiger partial charge is 0.255 e. The summed E-state index contributed by atoms with van der Waals surface area (Å²) in [6.45, 7) is 5.49. The van der Waals surface area contributed by atoms with Crippen LogP contribution in [-0.2, 0) is 5.75 Å². The van der Waals surface area contributed by atoms with Crippen LogP contribution in [0.25, 0.3) is 0 Å². The van der Waals surface area contributed by atoms with Crippen LogP contribution in [0.3, 0.4) is 0 Å². The molecule has 0 spiro atoms. The van der Waals surface area contributed by atoms with Gasteiger partial charge in [0.25, 0.3) is 5.91 Å². The normalized spacial score (nSPS) is 17.7. The Labute approximate surface area is 153 Å². The molecule has 1 aromatic carbocycles. The summed E-state index contributed by atoms with van der Waals surface area (Å²) < 4.78 is 5.24. The van der Waals surface area contributed by atoms with Gasteiger partial charge in [-0.1, -0.05) is 17.3 Å². The molecule has 2 heterocycles. The average Bonchev–Trinajstić information content (AvgIpc) is 2.97. The first-order chi connectivity index (χ1) is 12.1. The maximum Gasteiger partial charge on any atom is 0.255 e. The van der Waals surface area contributed by atoms with Gasteiger partial charge in [0.1, 0.15) is 5.76 Å². The van der Waals surface area contributed by atoms with E-state index in [2.05, 4.69) is 10.5 Å². The zero-order valence-corrected chi connectivity index (χ0v) is 15.9. The number of nitrogens with one attached hydrogen (secondary N) is 1. The second-order valence-electron chi connectivity index (χ2n) is 6.47. The van der Waals surface area contributed by atoms with Crippen molar-refractivity contribution in [3.63, 3.8) is 0 Å². The van der Waals surface area contributed by atoms with Gasteiger partial charge in [0.15, 0.2) is 0 Å². The molecule has 1 N–H and O–H groups in total. The molecular weight excluding hydrogens is 334 g/mol. The minimum Gasteiger partial charge on any atom is -0.361 e. The molecule has 2 aromatic rings. The number of likely N-dealkylation sites (tertiary alicyclic amines) is 1. The Hall–Kier alpha value is -1.79. The first-order valence-electron chi connectivity index (χ1n) is 8.70. The molecule has 0 aliphatic carbocycles. The van der Waals surface area contributed by atoms with Crippen molar-refractivity contribution in [1.29, 1.82) is 0 Å². The predicted octanol–water partition coefficient (Wildman–Crippen LogP) is 3.41. The van der Waals surface area contributed by atoms with Gasteiger partial charge in [0, 0.05) is 35.3 Å². The summed E-state index contributed by atoms with van der Waals surface area (Å²) >= 11 is 1.67. The minimum atomic E-state index is 0.127. The van der Waals surface area contributed by atoms with E-state index < -0.39 is 0 Å². The van der Waals surface area contributed by atoms with Gasteiger partial charge in [-0.2, -0.15) is 0 Å². The minimum absolute atomic E-state index is 0.127. The molecule has 0 saturated carbocycles. The van der Waals surface area contributed by atoms with Crippen LogP contribution in [-0.4, -0.2) is 42.1 Å². The molecule has 1 aliphatic rings. The number of carbonyl (C=O) groups excluding carboxylic acids is 1. The standard InChI is InChI=1S/C19H25N3O2S/c1-13-17(14(2)24-21-13)12-25-18-9-5-4-8-16(18)19(23)22-10-6-7-15(11-22)20-3/h4-5,8-9,15,20H,6-7,10-12H2,1-3H3. The number of piperidine rings is 1. The Morgan fingerprint density at radius 2 is 2.20 bits per heavy atom. The van der Waals surface area contributed by atoms with Crippen molar-refractivity contribution in [2.75, 3.05) is 20.1 Å². The maximum absolute atomic E-state index is 13.0. The number of aromatic nitrogens is 1. The van der Waals surface area contributed by atoms with Crippen molar-refractivity contribution in [3.8, 4) is 0 Å². The monoisotopic (exact) mass is 359 g/mol. The van der Waals surface area contributed by atoms with Crippen molar-refractivity contribution in [3.05, 3.63) is 46.8 Å². The Morgan fingerprint density at radius 3 is 2.92 bits per heavy atom. The molecule has 25 heavy (non-hydrogen) atoms. The van der Waals surface area contributed by atoms with E-state index in [-0.39, 0.29) is 5.91 Å². The van der Waals surface area contributed by atoms with Gasteiger partial charge in [-0.15, -0.1) is 11.8 Å². The number of benzene rings is 1. The highest BCUT2D eigenvalue weighted by atomic mass is 32.2. The summed E-state index contributed by atoms with van der Waals surface area (Å²) in [5.74, 6) is 1.73. The van der Waals surface area contributed by atoms with E-state index >= 15 is 0 Å². The van der Waals surface area contributed by atoms with E-state index in [1.165, 1.54) is 0 Å². The highest BCUT2D eigenvalue weighted by Crippen LogP contribution is 2.30. The largest absolute Gasteiger partial charge is 0.361 e. The van der Waals surface area contributed by atoms with Crippen molar-refractivity contribution in [1.82, 2.24) is 15.4 Å². The highest BCUT2D eigenvalue weighted by Gasteiger charge is 2.25. The van der Waals surface area contributed by atoms with E-state index in [0.717, 1.165) is 59.2 Å². The fourth-order valence-electron chi connectivity index (χ4n) is 3.19. The van der Waals surface area contributed by atoms with Crippen LogP contribution in [0.4, 0.5) is 0 Å². The van der Waals surface area contributed by atoms with Crippen LogP contribution in [0.2, 0.25) is 0 Å². The van der Waals surface area contributed by atoms with Crippen LogP contribution in [0.15, 0.2) is 33.7 Å². The lowest BCUT2D eigenvalue weighted by Crippen LogP contribution is -2.47. The van der Waals surface area contributed by atoms with Gasteiger partial charge in [0.05, 0.1) is 11.3 Å². The summed E-state index contributed by atoms with van der Waals surface area (Å²) in [6, 6.07) is 8.27. The van der Waals surface area contributed by atoms with Crippen molar-refractivity contribution in [2.24, 2.45) is 0 Å². The van der Waals surface area contributed by atoms with Crippen LogP contribution in [0, 0.1) is 13.8 Å². The topological polar surface area (TPSA) is 58.4 Å². The first kappa shape index (κ1) is 18.0. The Morgan fingerprint density at radius 1 is 1.40 bits per heavy atom. The molecule has 1 fully saturated rings. The van der Waals surface area contributed by atoms with Gasteiger partial charge >= 0.3 is 0 Å². The van der Waals surface area contributed by atoms with Gasteiger partial charge < -0.3 is 14.7 Å². The summed E-state index contributed by atoms with van der Waals surface area (Å²) in [7, 11) is 1.96. The predicted molar refractivity (Wildman–Crippen MR) is 100.0 cm³/mol. The van der Waals surface area contributed by atoms with Crippen LogP contribution >= 0.6 is 11.8 Å². The molecule has 0 bridgehead atoms. The fraction of sp³-hybridized carbons (Fsp3) is 0.474. The molecule has 3 rings (SSSR count). The lowest BCUT2D eigenvalue weighted by Gasteiger charge is -2.33. The SMILES string of the molecule is CNC1CCCN(C(=O)c2ccccc2SCc2c(C)noc2C)C1. The lowest BCUT2D eigenvalue weighted by molar-refractivity contribution is 0.0694. The Kier molecular flexibility index (Phi) is 5.81. The second-order valence-corrected chi connectivity index (χ2v) is 7.48. The number of likely N-dealkylation sites (N-methyl/N-ethyl adjacent to an activating group) is 1. The Balaban J connectivity index is 1.75. The molecule has 1 aromatic heterocycles. The van der Waals surface area contributed by atoms with Gasteiger partial charge in [-0.05, 0) is 45.9 Å².